The van der Waals surface area contributed by atoms with Crippen LogP contribution in [-0.2, 0) is 47.2 Å². The number of hydrogen-bond acceptors (Lipinski definition) is 22. The summed E-state index contributed by atoms with van der Waals surface area (Å²) >= 11 is 11.7. The number of carboxylic acid groups (broad SMARTS) is 1. The lowest BCUT2D eigenvalue weighted by molar-refractivity contribution is -0.140. The van der Waals surface area contributed by atoms with Gasteiger partial charge in [0.1, 0.15) is 43.1 Å². The molecule has 0 unspecified atom stereocenters. The lowest BCUT2D eigenvalue weighted by atomic mass is 10.1. The first kappa shape index (κ1) is 97.2. The number of benzene rings is 5. The molecule has 3 amide bonds. The summed E-state index contributed by atoms with van der Waals surface area (Å²) in [6.07, 6.45) is 14.2. The van der Waals surface area contributed by atoms with E-state index in [1.54, 1.807) is 82.4 Å². The fourth-order valence-corrected chi connectivity index (χ4v) is 12.8. The third kappa shape index (κ3) is 27.3. The summed E-state index contributed by atoms with van der Waals surface area (Å²) in [6.45, 7) is 16.2. The highest BCUT2D eigenvalue weighted by atomic mass is 35.5. The number of ether oxygens (including phenoxy) is 1. The van der Waals surface area contributed by atoms with E-state index in [1.165, 1.54) is 150 Å². The minimum Gasteiger partial charge on any atom is -0.478 e. The molecule has 0 aliphatic carbocycles. The van der Waals surface area contributed by atoms with Crippen LogP contribution in [0.15, 0.2) is 226 Å². The predicted octanol–water partition coefficient (Wildman–Crippen LogP) is 17.3. The SMILES string of the molecule is Cc1cc(-c2ncn(/C=C(/C(=O)O)c3cncnc3)n2)cc(C(F)(F)F)c1.Cc1cc(-c2ncn(/C=C(/C(=O)OC(C)C)c3ccoc3)n2)cc(C(F)(F)F)c1.Cc1cc(-c2ncn(/C=C(/C(N)=O)c3cccnc3)n2)cc(C(F)(F)F)c1.Cc1cc(C)cc(-c2ncn(/C=C(/C(N)=O)c3ccc(Cl)nc3)n2)c1.Cc1cc(C)cc(-c2ncn(/C=C(/C(N)=O)c3cncc(Cl)c3)n2)c1. The first-order chi connectivity index (χ1) is 62.9. The van der Waals surface area contributed by atoms with Gasteiger partial charge in [-0.05, 0) is 188 Å². The van der Waals surface area contributed by atoms with Crippen molar-refractivity contribution in [3.63, 3.8) is 0 Å². The number of carbonyl (C=O) groups excluding carboxylic acids is 4. The number of halogens is 11. The van der Waals surface area contributed by atoms with Crippen LogP contribution in [0.25, 0.3) is 116 Å². The number of carbonyl (C=O) groups is 5. The van der Waals surface area contributed by atoms with Crippen LogP contribution in [0.4, 0.5) is 39.5 Å². The number of carboxylic acids is 1. The maximum absolute atomic E-state index is 13.1. The number of nitrogens with two attached hydrogens (primary N) is 3. The average molecular weight is 1860 g/mol. The van der Waals surface area contributed by atoms with Crippen LogP contribution in [0.3, 0.4) is 0 Å². The Hall–Kier alpha value is -16.4. The first-order valence-corrected chi connectivity index (χ1v) is 39.9. The molecule has 0 radical (unpaired) electrons. The van der Waals surface area contributed by atoms with Crippen LogP contribution in [0.1, 0.15) is 97.3 Å². The van der Waals surface area contributed by atoms with Crippen LogP contribution in [0, 0.1) is 48.5 Å². The number of hydrogen-bond donors (Lipinski definition) is 4. The molecule has 0 bridgehead atoms. The second kappa shape index (κ2) is 42.7. The normalized spacial score (nSPS) is 12.0. The average Bonchev–Trinajstić information content (AvgIpc) is 1.78. The summed E-state index contributed by atoms with van der Waals surface area (Å²) in [4.78, 5) is 99.3. The maximum atomic E-state index is 13.1. The van der Waals surface area contributed by atoms with Gasteiger partial charge in [0.15, 0.2) is 29.1 Å². The Morgan fingerprint density at radius 3 is 1.06 bits per heavy atom. The van der Waals surface area contributed by atoms with E-state index in [4.69, 9.17) is 49.6 Å². The van der Waals surface area contributed by atoms with Crippen molar-refractivity contribution in [2.24, 2.45) is 17.2 Å². The van der Waals surface area contributed by atoms with Crippen molar-refractivity contribution in [1.82, 2.24) is 98.7 Å². The Labute approximate surface area is 760 Å². The number of pyridine rings is 3. The van der Waals surface area contributed by atoms with Crippen LogP contribution in [0.5, 0.6) is 0 Å². The molecule has 0 spiro atoms. The highest BCUT2D eigenvalue weighted by Crippen LogP contribution is 2.37. The number of aryl methyl sites for hydroxylation is 7. The van der Waals surface area contributed by atoms with Gasteiger partial charge in [-0.25, -0.2) is 72.9 Å². The molecule has 0 fully saturated rings. The number of alkyl halides is 9. The molecule has 31 nitrogen and oxygen atoms in total. The molecule has 680 valence electrons. The van der Waals surface area contributed by atoms with Crippen molar-refractivity contribution >= 4 is 112 Å². The molecule has 0 aliphatic heterocycles. The van der Waals surface area contributed by atoms with E-state index in [2.05, 4.69) is 87.5 Å². The zero-order valence-corrected chi connectivity index (χ0v) is 72.9. The van der Waals surface area contributed by atoms with Crippen LogP contribution in [-0.4, -0.2) is 140 Å². The van der Waals surface area contributed by atoms with Gasteiger partial charge in [0.2, 0.25) is 0 Å². The van der Waals surface area contributed by atoms with Gasteiger partial charge < -0.3 is 31.5 Å². The van der Waals surface area contributed by atoms with Gasteiger partial charge in [-0.3, -0.25) is 24.4 Å². The molecule has 7 N–H and O–H groups in total. The second-order valence-corrected chi connectivity index (χ2v) is 30.3. The fraction of sp³-hybridized carbons (Fsp3) is 0.143. The summed E-state index contributed by atoms with van der Waals surface area (Å²) in [5, 5.41) is 31.3. The van der Waals surface area contributed by atoms with E-state index < -0.39 is 64.9 Å². The Morgan fingerprint density at radius 1 is 0.391 bits per heavy atom. The summed E-state index contributed by atoms with van der Waals surface area (Å²) in [5.41, 5.74) is 25.2. The molecule has 5 aromatic carbocycles. The van der Waals surface area contributed by atoms with E-state index in [0.717, 1.165) is 74.5 Å². The topological polar surface area (TPSA) is 424 Å². The number of primary amides is 3. The standard InChI is InChI=1S/C20H18F3N3O3.2C18H16ClN5O.C18H14F3N5O.C17H12F3N5O2/c1-12(2)29-19(27)17(14-4-5-28-10-14)9-26-11-24-18(25-26)15-6-13(3)7-16(8-15)20(21,22)23;1-11-3-12(2)5-13(4-11)18-22-10-24(23-18)9-16(17(20)25)14-6-15(19)8-21-7-14;1-11-5-12(2)7-14(6-11)18-22-10-24(23-18)9-15(17(20)25)13-3-4-16(19)21-8-13;1-11-5-13(7-14(6-11)18(19,20)21)17-24-10-26(25-17)9-15(16(22)27)12-3-2-4-23-8-12;1-10-2-11(4-13(3-10)17(18,19)20)15-23-9-25(24-15)7-14(16(26)27)12-5-21-8-22-6-12/h4-12H,1-3H3;2*3-10H,1-2H3,(H2,20,25);2-10H,1H3,(H2,22,27);2-9H,1H3,(H,26,27)/b17-9+;16-9+;2*15-9+;14-7+. The maximum Gasteiger partial charge on any atom is 0.416 e. The third-order valence-corrected chi connectivity index (χ3v) is 18.5. The van der Waals surface area contributed by atoms with E-state index in [0.29, 0.717) is 60.8 Å². The number of nitrogens with zero attached hydrogens (tertiary/aromatic N) is 20. The van der Waals surface area contributed by atoms with E-state index in [9.17, 15) is 68.6 Å². The smallest absolute Gasteiger partial charge is 0.416 e. The van der Waals surface area contributed by atoms with Crippen molar-refractivity contribution in [2.75, 3.05) is 0 Å². The molecule has 0 saturated carbocycles. The summed E-state index contributed by atoms with van der Waals surface area (Å²) < 4.78 is 134. The molecule has 15 aromatic rings. The quantitative estimate of drug-likeness (QED) is 0.0225. The number of aliphatic carboxylic acids is 1. The Balaban J connectivity index is 0.000000160. The molecule has 10 aromatic heterocycles. The first-order valence-electron chi connectivity index (χ1n) is 39.1. The molecule has 0 aliphatic rings. The van der Waals surface area contributed by atoms with E-state index >= 15 is 0 Å². The van der Waals surface area contributed by atoms with Crippen molar-refractivity contribution in [3.05, 3.63) is 315 Å². The van der Waals surface area contributed by atoms with Gasteiger partial charge in [0.25, 0.3) is 17.7 Å². The van der Waals surface area contributed by atoms with Crippen LogP contribution >= 0.6 is 23.2 Å². The summed E-state index contributed by atoms with van der Waals surface area (Å²) in [7, 11) is 0. The highest BCUT2D eigenvalue weighted by molar-refractivity contribution is 6.31. The lowest BCUT2D eigenvalue weighted by Crippen LogP contribution is -2.14. The van der Waals surface area contributed by atoms with Gasteiger partial charge in [0, 0.05) is 130 Å². The lowest BCUT2D eigenvalue weighted by Gasteiger charge is -2.10. The van der Waals surface area contributed by atoms with Crippen LogP contribution < -0.4 is 17.2 Å². The van der Waals surface area contributed by atoms with E-state index in [-0.39, 0.29) is 73.7 Å². The van der Waals surface area contributed by atoms with Crippen molar-refractivity contribution in [2.45, 2.75) is 86.9 Å². The molecule has 10 heterocycles. The number of aromatic nitrogens is 20. The molecule has 133 heavy (non-hydrogen) atoms. The number of furan rings is 1. The monoisotopic (exact) mass is 1860 g/mol. The zero-order chi connectivity index (χ0) is 96.3. The molecule has 42 heteroatoms. The van der Waals surface area contributed by atoms with Gasteiger partial charge in [-0.15, -0.1) is 25.5 Å². The predicted molar refractivity (Wildman–Crippen MR) is 476 cm³/mol. The van der Waals surface area contributed by atoms with E-state index in [1.807, 2.05) is 52.0 Å². The number of rotatable bonds is 21. The van der Waals surface area contributed by atoms with Crippen molar-refractivity contribution in [1.29, 1.82) is 0 Å². The fourth-order valence-electron chi connectivity index (χ4n) is 12.5. The van der Waals surface area contributed by atoms with Crippen molar-refractivity contribution in [3.8, 4) is 56.9 Å². The zero-order valence-electron chi connectivity index (χ0n) is 71.4. The Bertz CT molecular complexity index is 6700. The minimum atomic E-state index is -4.49. The Morgan fingerprint density at radius 2 is 0.737 bits per heavy atom. The highest BCUT2D eigenvalue weighted by Gasteiger charge is 2.34. The van der Waals surface area contributed by atoms with Gasteiger partial charge >= 0.3 is 30.5 Å². The molecule has 15 rings (SSSR count). The van der Waals surface area contributed by atoms with Crippen LogP contribution in [0.2, 0.25) is 10.2 Å². The van der Waals surface area contributed by atoms with Gasteiger partial charge in [-0.1, -0.05) is 63.7 Å². The van der Waals surface area contributed by atoms with Gasteiger partial charge in [-0.2, -0.15) is 39.5 Å². The third-order valence-electron chi connectivity index (χ3n) is 18.1. The Kier molecular flexibility index (Phi) is 31.2. The largest absolute Gasteiger partial charge is 0.478 e. The number of amides is 3. The molecule has 0 saturated heterocycles. The molecular formula is C91H76Cl2F9N23O8. The molecule has 0 atom stereocenters. The molecular weight excluding hydrogens is 1790 g/mol. The second-order valence-electron chi connectivity index (χ2n) is 29.5. The summed E-state index contributed by atoms with van der Waals surface area (Å²) in [5.74, 6) is -2.36. The summed E-state index contributed by atoms with van der Waals surface area (Å²) in [6, 6.07) is 32.6. The number of esters is 1. The van der Waals surface area contributed by atoms with Gasteiger partial charge in [0.05, 0.1) is 68.2 Å². The minimum absolute atomic E-state index is 0.0366. The van der Waals surface area contributed by atoms with Crippen molar-refractivity contribution < 1.29 is 77.7 Å².